The molecule has 2 rings (SSSR count). The molecule has 2 heterocycles. The van der Waals surface area contributed by atoms with E-state index in [-0.39, 0.29) is 11.8 Å². The summed E-state index contributed by atoms with van der Waals surface area (Å²) in [5.74, 6) is 1.83. The van der Waals surface area contributed by atoms with Gasteiger partial charge in [-0.25, -0.2) is 4.98 Å². The number of anilines is 2. The minimum Gasteiger partial charge on any atom is -0.373 e. The van der Waals surface area contributed by atoms with Crippen LogP contribution < -0.4 is 10.2 Å². The van der Waals surface area contributed by atoms with Gasteiger partial charge in [-0.05, 0) is 32.8 Å². The molecule has 1 aromatic rings. The lowest BCUT2D eigenvalue weighted by Gasteiger charge is -2.34. The Hall–Kier alpha value is -1.85. The van der Waals surface area contributed by atoms with E-state index in [9.17, 15) is 4.79 Å². The lowest BCUT2D eigenvalue weighted by atomic mass is 9.96. The highest BCUT2D eigenvalue weighted by Gasteiger charge is 2.29. The van der Waals surface area contributed by atoms with E-state index >= 15 is 0 Å². The molecule has 0 spiro atoms. The number of amides is 1. The smallest absolute Gasteiger partial charge is 0.227 e. The van der Waals surface area contributed by atoms with Crippen molar-refractivity contribution in [3.63, 3.8) is 0 Å². The summed E-state index contributed by atoms with van der Waals surface area (Å²) in [7, 11) is 1.84. The van der Waals surface area contributed by atoms with Crippen LogP contribution >= 0.6 is 0 Å². The van der Waals surface area contributed by atoms with Crippen LogP contribution in [0.2, 0.25) is 0 Å². The minimum atomic E-state index is 0.0560. The topological polar surface area (TPSA) is 61.4 Å². The molecule has 0 aromatic carbocycles. The third-order valence-electron chi connectivity index (χ3n) is 4.03. The van der Waals surface area contributed by atoms with Crippen molar-refractivity contribution in [2.24, 2.45) is 5.92 Å². The molecule has 6 nitrogen and oxygen atoms in total. The molecule has 1 aliphatic heterocycles. The third-order valence-corrected chi connectivity index (χ3v) is 4.03. The molecule has 1 atom stereocenters. The molecule has 1 saturated heterocycles. The summed E-state index contributed by atoms with van der Waals surface area (Å²) in [6, 6.07) is 1.84. The second-order valence-electron chi connectivity index (χ2n) is 5.29. The highest BCUT2D eigenvalue weighted by atomic mass is 16.2. The lowest BCUT2D eigenvalue weighted by molar-refractivity contribution is -0.135. The molecular formula is C15H25N5O. The van der Waals surface area contributed by atoms with E-state index in [1.807, 2.05) is 31.9 Å². The normalized spacial score (nSPS) is 18.4. The van der Waals surface area contributed by atoms with Crippen LogP contribution in [0.5, 0.6) is 0 Å². The van der Waals surface area contributed by atoms with E-state index in [1.54, 1.807) is 6.20 Å². The molecule has 1 aromatic heterocycles. The van der Waals surface area contributed by atoms with Gasteiger partial charge in [-0.15, -0.1) is 0 Å². The van der Waals surface area contributed by atoms with Crippen LogP contribution in [-0.4, -0.2) is 54.0 Å². The summed E-state index contributed by atoms with van der Waals surface area (Å²) in [4.78, 5) is 25.4. The monoisotopic (exact) mass is 291 g/mol. The second-order valence-corrected chi connectivity index (χ2v) is 5.29. The van der Waals surface area contributed by atoms with Crippen molar-refractivity contribution >= 4 is 17.7 Å². The zero-order valence-corrected chi connectivity index (χ0v) is 13.2. The van der Waals surface area contributed by atoms with Gasteiger partial charge in [0, 0.05) is 39.4 Å². The number of piperidine rings is 1. The number of hydrogen-bond acceptors (Lipinski definition) is 5. The van der Waals surface area contributed by atoms with Gasteiger partial charge in [-0.1, -0.05) is 0 Å². The zero-order valence-electron chi connectivity index (χ0n) is 13.2. The van der Waals surface area contributed by atoms with Gasteiger partial charge in [-0.3, -0.25) is 4.79 Å². The number of hydrogen-bond donors (Lipinski definition) is 1. The van der Waals surface area contributed by atoms with Gasteiger partial charge in [0.15, 0.2) is 0 Å². The molecular weight excluding hydrogens is 266 g/mol. The summed E-state index contributed by atoms with van der Waals surface area (Å²) in [6.45, 7) is 7.23. The van der Waals surface area contributed by atoms with Gasteiger partial charge < -0.3 is 15.1 Å². The summed E-state index contributed by atoms with van der Waals surface area (Å²) < 4.78 is 0. The van der Waals surface area contributed by atoms with Crippen molar-refractivity contribution in [1.82, 2.24) is 14.9 Å². The van der Waals surface area contributed by atoms with Gasteiger partial charge >= 0.3 is 0 Å². The number of nitrogens with zero attached hydrogens (tertiary/aromatic N) is 4. The van der Waals surface area contributed by atoms with E-state index < -0.39 is 0 Å². The van der Waals surface area contributed by atoms with Crippen LogP contribution in [-0.2, 0) is 4.79 Å². The van der Waals surface area contributed by atoms with E-state index in [0.717, 1.165) is 38.3 Å². The predicted molar refractivity (Wildman–Crippen MR) is 84.4 cm³/mol. The maximum atomic E-state index is 12.5. The van der Waals surface area contributed by atoms with Crippen LogP contribution in [0.3, 0.4) is 0 Å². The lowest BCUT2D eigenvalue weighted by Crippen LogP contribution is -2.45. The Balaban J connectivity index is 2.08. The van der Waals surface area contributed by atoms with Gasteiger partial charge in [0.2, 0.25) is 11.9 Å². The molecule has 116 valence electrons. The van der Waals surface area contributed by atoms with Crippen molar-refractivity contribution in [2.75, 3.05) is 43.4 Å². The van der Waals surface area contributed by atoms with Crippen molar-refractivity contribution < 1.29 is 4.79 Å². The Morgan fingerprint density at radius 3 is 2.90 bits per heavy atom. The number of nitrogens with one attached hydrogen (secondary N) is 1. The van der Waals surface area contributed by atoms with Gasteiger partial charge in [0.05, 0.1) is 5.92 Å². The molecule has 21 heavy (non-hydrogen) atoms. The molecule has 1 amide bonds. The van der Waals surface area contributed by atoms with Crippen molar-refractivity contribution in [3.8, 4) is 0 Å². The molecule has 0 saturated carbocycles. The van der Waals surface area contributed by atoms with Gasteiger partial charge in [0.25, 0.3) is 0 Å². The molecule has 0 aliphatic carbocycles. The Labute approximate surface area is 126 Å². The first kappa shape index (κ1) is 15.5. The standard InChI is InChI=1S/C15H25N5O/c1-4-19(5-2)14(21)12-7-6-10-20(11-12)15-17-9-8-13(16-3)18-15/h8-9,12H,4-7,10-11H2,1-3H3,(H,16,17,18)/t12-/m1/s1. The highest BCUT2D eigenvalue weighted by Crippen LogP contribution is 2.22. The maximum absolute atomic E-state index is 12.5. The fraction of sp³-hybridized carbons (Fsp3) is 0.667. The van der Waals surface area contributed by atoms with E-state index in [4.69, 9.17) is 0 Å². The molecule has 1 fully saturated rings. The van der Waals surface area contributed by atoms with E-state index in [1.165, 1.54) is 0 Å². The van der Waals surface area contributed by atoms with Crippen LogP contribution in [0.25, 0.3) is 0 Å². The summed E-state index contributed by atoms with van der Waals surface area (Å²) in [5, 5.41) is 3.02. The van der Waals surface area contributed by atoms with Crippen LogP contribution in [0.15, 0.2) is 12.3 Å². The summed E-state index contributed by atoms with van der Waals surface area (Å²) >= 11 is 0. The summed E-state index contributed by atoms with van der Waals surface area (Å²) in [6.07, 6.45) is 3.71. The quantitative estimate of drug-likeness (QED) is 0.893. The Morgan fingerprint density at radius 1 is 1.48 bits per heavy atom. The van der Waals surface area contributed by atoms with Crippen molar-refractivity contribution in [1.29, 1.82) is 0 Å². The Morgan fingerprint density at radius 2 is 2.24 bits per heavy atom. The first-order valence-corrected chi connectivity index (χ1v) is 7.74. The Bertz CT molecular complexity index is 475. The zero-order chi connectivity index (χ0) is 15.2. The number of aromatic nitrogens is 2. The largest absolute Gasteiger partial charge is 0.373 e. The molecule has 0 radical (unpaired) electrons. The summed E-state index contributed by atoms with van der Waals surface area (Å²) in [5.41, 5.74) is 0. The Kier molecular flexibility index (Phi) is 5.36. The average molecular weight is 291 g/mol. The van der Waals surface area contributed by atoms with E-state index in [0.29, 0.717) is 12.5 Å². The molecule has 6 heteroatoms. The predicted octanol–water partition coefficient (Wildman–Crippen LogP) is 1.60. The van der Waals surface area contributed by atoms with Crippen LogP contribution in [0, 0.1) is 5.92 Å². The van der Waals surface area contributed by atoms with E-state index in [2.05, 4.69) is 20.2 Å². The SMILES string of the molecule is CCN(CC)C(=O)[C@@H]1CCCN(c2nccc(NC)n2)C1. The molecule has 0 bridgehead atoms. The molecule has 1 N–H and O–H groups in total. The number of carbonyl (C=O) groups is 1. The fourth-order valence-electron chi connectivity index (χ4n) is 2.79. The van der Waals surface area contributed by atoms with Gasteiger partial charge in [0.1, 0.15) is 5.82 Å². The second kappa shape index (κ2) is 7.24. The number of carbonyl (C=O) groups excluding carboxylic acids is 1. The van der Waals surface area contributed by atoms with Crippen LogP contribution in [0.1, 0.15) is 26.7 Å². The fourth-order valence-corrected chi connectivity index (χ4v) is 2.79. The maximum Gasteiger partial charge on any atom is 0.227 e. The average Bonchev–Trinajstić information content (AvgIpc) is 2.56. The molecule has 0 unspecified atom stereocenters. The first-order chi connectivity index (χ1) is 10.2. The first-order valence-electron chi connectivity index (χ1n) is 7.74. The van der Waals surface area contributed by atoms with Gasteiger partial charge in [-0.2, -0.15) is 4.98 Å². The third kappa shape index (κ3) is 3.62. The van der Waals surface area contributed by atoms with Crippen molar-refractivity contribution in [2.45, 2.75) is 26.7 Å². The van der Waals surface area contributed by atoms with Crippen molar-refractivity contribution in [3.05, 3.63) is 12.3 Å². The van der Waals surface area contributed by atoms with Crippen LogP contribution in [0.4, 0.5) is 11.8 Å². The minimum absolute atomic E-state index is 0.0560. The molecule has 1 aliphatic rings. The highest BCUT2D eigenvalue weighted by molar-refractivity contribution is 5.79. The number of rotatable bonds is 5.